The van der Waals surface area contributed by atoms with Crippen LogP contribution in [-0.2, 0) is 23.7 Å². The van der Waals surface area contributed by atoms with Crippen LogP contribution in [0.5, 0.6) is 0 Å². The van der Waals surface area contributed by atoms with Gasteiger partial charge in [-0.15, -0.1) is 0 Å². The first kappa shape index (κ1) is 12.8. The highest BCUT2D eigenvalue weighted by Gasteiger charge is 2.56. The van der Waals surface area contributed by atoms with Crippen LogP contribution in [0.3, 0.4) is 0 Å². The van der Waals surface area contributed by atoms with Crippen molar-refractivity contribution < 1.29 is 23.7 Å². The van der Waals surface area contributed by atoms with Crippen LogP contribution < -0.4 is 0 Å². The van der Waals surface area contributed by atoms with E-state index in [0.717, 1.165) is 0 Å². The molecule has 2 unspecified atom stereocenters. The summed E-state index contributed by atoms with van der Waals surface area (Å²) in [6.45, 7) is 10.3. The quantitative estimate of drug-likeness (QED) is 0.715. The topological polar surface area (TPSA) is 46.2 Å². The number of hydrogen-bond donors (Lipinski definition) is 0. The molecule has 0 spiro atoms. The van der Waals surface area contributed by atoms with E-state index in [2.05, 4.69) is 6.92 Å². The van der Waals surface area contributed by atoms with Crippen molar-refractivity contribution in [3.8, 4) is 0 Å². The zero-order chi connectivity index (χ0) is 13.1. The minimum absolute atomic E-state index is 0.0164. The van der Waals surface area contributed by atoms with Crippen LogP contribution in [0, 0.1) is 5.92 Å². The van der Waals surface area contributed by atoms with Gasteiger partial charge in [0.05, 0.1) is 12.7 Å². The smallest absolute Gasteiger partial charge is 0.187 e. The molecule has 3 fully saturated rings. The monoisotopic (exact) mass is 258 g/mol. The number of hydrogen-bond acceptors (Lipinski definition) is 5. The molecule has 3 saturated heterocycles. The second kappa shape index (κ2) is 3.90. The fourth-order valence-corrected chi connectivity index (χ4v) is 2.99. The molecular formula is C13H22O5. The van der Waals surface area contributed by atoms with Crippen LogP contribution in [0.15, 0.2) is 0 Å². The van der Waals surface area contributed by atoms with E-state index in [-0.39, 0.29) is 30.5 Å². The summed E-state index contributed by atoms with van der Waals surface area (Å²) in [7, 11) is 0. The lowest BCUT2D eigenvalue weighted by Crippen LogP contribution is -2.37. The predicted molar refractivity (Wildman–Crippen MR) is 62.8 cm³/mol. The largest absolute Gasteiger partial charge is 0.348 e. The van der Waals surface area contributed by atoms with Gasteiger partial charge in [0.1, 0.15) is 12.2 Å². The predicted octanol–water partition coefficient (Wildman–Crippen LogP) is 1.65. The van der Waals surface area contributed by atoms with Crippen molar-refractivity contribution in [2.45, 2.75) is 70.8 Å². The molecule has 5 heteroatoms. The van der Waals surface area contributed by atoms with Gasteiger partial charge in [-0.1, -0.05) is 6.92 Å². The Morgan fingerprint density at radius 3 is 2.17 bits per heavy atom. The molecule has 0 aromatic carbocycles. The number of fused-ring (bicyclic) bond motifs is 1. The Kier molecular flexibility index (Phi) is 2.78. The van der Waals surface area contributed by atoms with Gasteiger partial charge in [0.25, 0.3) is 0 Å². The lowest BCUT2D eigenvalue weighted by Gasteiger charge is -2.27. The Bertz CT molecular complexity index is 340. The van der Waals surface area contributed by atoms with E-state index in [1.54, 1.807) is 0 Å². The summed E-state index contributed by atoms with van der Waals surface area (Å²) in [5, 5.41) is 0. The highest BCUT2D eigenvalue weighted by molar-refractivity contribution is 4.95. The van der Waals surface area contributed by atoms with Crippen LogP contribution in [0.1, 0.15) is 34.6 Å². The van der Waals surface area contributed by atoms with E-state index in [0.29, 0.717) is 6.61 Å². The van der Waals surface area contributed by atoms with Crippen LogP contribution in [0.25, 0.3) is 0 Å². The molecule has 5 nitrogen and oxygen atoms in total. The van der Waals surface area contributed by atoms with Crippen molar-refractivity contribution in [3.63, 3.8) is 0 Å². The summed E-state index contributed by atoms with van der Waals surface area (Å²) in [6.07, 6.45) is -0.376. The molecule has 3 aliphatic rings. The average Bonchev–Trinajstić information content (AvgIpc) is 2.81. The van der Waals surface area contributed by atoms with Gasteiger partial charge >= 0.3 is 0 Å². The maximum absolute atomic E-state index is 5.96. The fraction of sp³-hybridized carbons (Fsp3) is 1.00. The van der Waals surface area contributed by atoms with Crippen molar-refractivity contribution in [2.24, 2.45) is 5.92 Å². The third-order valence-corrected chi connectivity index (χ3v) is 3.81. The van der Waals surface area contributed by atoms with Gasteiger partial charge in [-0.2, -0.15) is 0 Å². The SMILES string of the molecule is C[C@@H]1C2OC(C)(C)OC2O[C@@H]1[C@@H]1COC(C)(C)O1. The van der Waals surface area contributed by atoms with Gasteiger partial charge < -0.3 is 23.7 Å². The molecule has 3 heterocycles. The molecule has 5 atom stereocenters. The average molecular weight is 258 g/mol. The van der Waals surface area contributed by atoms with Gasteiger partial charge in [0, 0.05) is 5.92 Å². The normalized spacial score (nSPS) is 49.5. The third-order valence-electron chi connectivity index (χ3n) is 3.81. The molecule has 0 radical (unpaired) electrons. The van der Waals surface area contributed by atoms with Gasteiger partial charge in [-0.3, -0.25) is 0 Å². The summed E-state index contributed by atoms with van der Waals surface area (Å²) < 4.78 is 29.0. The van der Waals surface area contributed by atoms with Crippen LogP contribution in [0.2, 0.25) is 0 Å². The Morgan fingerprint density at radius 2 is 1.61 bits per heavy atom. The van der Waals surface area contributed by atoms with E-state index in [1.807, 2.05) is 27.7 Å². The molecule has 104 valence electrons. The van der Waals surface area contributed by atoms with Crippen molar-refractivity contribution in [1.29, 1.82) is 0 Å². The molecular weight excluding hydrogens is 236 g/mol. The van der Waals surface area contributed by atoms with Gasteiger partial charge in [0.15, 0.2) is 17.9 Å². The van der Waals surface area contributed by atoms with E-state index in [4.69, 9.17) is 23.7 Å². The zero-order valence-electron chi connectivity index (χ0n) is 11.6. The number of ether oxygens (including phenoxy) is 5. The highest BCUT2D eigenvalue weighted by atomic mass is 16.8. The Morgan fingerprint density at radius 1 is 0.889 bits per heavy atom. The van der Waals surface area contributed by atoms with E-state index in [1.165, 1.54) is 0 Å². The lowest BCUT2D eigenvalue weighted by molar-refractivity contribution is -0.226. The van der Waals surface area contributed by atoms with Crippen molar-refractivity contribution in [1.82, 2.24) is 0 Å². The van der Waals surface area contributed by atoms with E-state index in [9.17, 15) is 0 Å². The van der Waals surface area contributed by atoms with Crippen LogP contribution >= 0.6 is 0 Å². The molecule has 0 aromatic heterocycles. The summed E-state index contributed by atoms with van der Waals surface area (Å²) in [5.41, 5.74) is 0. The highest BCUT2D eigenvalue weighted by Crippen LogP contribution is 2.43. The number of rotatable bonds is 1. The van der Waals surface area contributed by atoms with E-state index < -0.39 is 11.6 Å². The van der Waals surface area contributed by atoms with Gasteiger partial charge in [-0.05, 0) is 27.7 Å². The van der Waals surface area contributed by atoms with Crippen molar-refractivity contribution in [2.75, 3.05) is 6.61 Å². The molecule has 18 heavy (non-hydrogen) atoms. The lowest BCUT2D eigenvalue weighted by atomic mass is 9.97. The zero-order valence-corrected chi connectivity index (χ0v) is 11.6. The molecule has 0 N–H and O–H groups in total. The molecule has 0 saturated carbocycles. The molecule has 0 amide bonds. The second-order valence-corrected chi connectivity index (χ2v) is 6.30. The fourth-order valence-electron chi connectivity index (χ4n) is 2.99. The Balaban J connectivity index is 1.68. The van der Waals surface area contributed by atoms with E-state index >= 15 is 0 Å². The molecule has 3 aliphatic heterocycles. The standard InChI is InChI=1S/C13H22O5/c1-7-9(8-6-14-12(2,3)16-8)15-11-10(7)17-13(4,5)18-11/h7-11H,6H2,1-5H3/t7-,8-,9-,10?,11?/m0/s1. The first-order chi connectivity index (χ1) is 8.27. The summed E-state index contributed by atoms with van der Waals surface area (Å²) in [4.78, 5) is 0. The molecule has 0 bridgehead atoms. The van der Waals surface area contributed by atoms with Crippen molar-refractivity contribution in [3.05, 3.63) is 0 Å². The molecule has 0 aliphatic carbocycles. The third kappa shape index (κ3) is 2.08. The van der Waals surface area contributed by atoms with Crippen LogP contribution in [-0.4, -0.2) is 42.8 Å². The first-order valence-corrected chi connectivity index (χ1v) is 6.60. The first-order valence-electron chi connectivity index (χ1n) is 6.60. The Labute approximate surface area is 108 Å². The summed E-state index contributed by atoms with van der Waals surface area (Å²) in [6, 6.07) is 0. The summed E-state index contributed by atoms with van der Waals surface area (Å²) in [5.74, 6) is -0.841. The second-order valence-electron chi connectivity index (χ2n) is 6.30. The van der Waals surface area contributed by atoms with Crippen LogP contribution in [0.4, 0.5) is 0 Å². The minimum Gasteiger partial charge on any atom is -0.348 e. The minimum atomic E-state index is -0.555. The van der Waals surface area contributed by atoms with Gasteiger partial charge in [0.2, 0.25) is 0 Å². The molecule has 3 rings (SSSR count). The maximum atomic E-state index is 5.96. The maximum Gasteiger partial charge on any atom is 0.187 e. The van der Waals surface area contributed by atoms with Gasteiger partial charge in [-0.25, -0.2) is 0 Å². The Hall–Kier alpha value is -0.200. The van der Waals surface area contributed by atoms with Crippen molar-refractivity contribution >= 4 is 0 Å². The summed E-state index contributed by atoms with van der Waals surface area (Å²) >= 11 is 0. The molecule has 0 aromatic rings.